The highest BCUT2D eigenvalue weighted by Gasteiger charge is 2.24. The Morgan fingerprint density at radius 3 is 2.57 bits per heavy atom. The minimum Gasteiger partial charge on any atom is -0.462 e. The number of aryl methyl sites for hydroxylation is 1. The first-order valence-corrected chi connectivity index (χ1v) is 7.49. The molecule has 116 valence electrons. The van der Waals surface area contributed by atoms with Gasteiger partial charge in [-0.25, -0.2) is 4.79 Å². The van der Waals surface area contributed by atoms with Crippen molar-refractivity contribution in [2.75, 3.05) is 6.61 Å². The predicted molar refractivity (Wildman–Crippen MR) is 88.9 cm³/mol. The quantitative estimate of drug-likeness (QED) is 0.542. The maximum atomic E-state index is 12.4. The number of hydrogen-bond acceptors (Lipinski definition) is 3. The van der Waals surface area contributed by atoms with Crippen LogP contribution < -0.4 is 0 Å². The summed E-state index contributed by atoms with van der Waals surface area (Å²) in [6, 6.07) is 13.3. The molecule has 2 heterocycles. The van der Waals surface area contributed by atoms with Gasteiger partial charge in [0.15, 0.2) is 6.29 Å². The number of carbonyl (C=O) groups is 2. The van der Waals surface area contributed by atoms with Crippen molar-refractivity contribution in [3.8, 4) is 11.3 Å². The summed E-state index contributed by atoms with van der Waals surface area (Å²) in [6.07, 6.45) is 2.66. The van der Waals surface area contributed by atoms with Crippen LogP contribution in [0.3, 0.4) is 0 Å². The number of pyridine rings is 1. The third-order valence-electron chi connectivity index (χ3n) is 3.76. The highest BCUT2D eigenvalue weighted by Crippen LogP contribution is 2.31. The van der Waals surface area contributed by atoms with Gasteiger partial charge >= 0.3 is 5.97 Å². The van der Waals surface area contributed by atoms with E-state index in [1.54, 1.807) is 6.92 Å². The number of hydrogen-bond donors (Lipinski definition) is 0. The van der Waals surface area contributed by atoms with Crippen LogP contribution in [0, 0.1) is 6.92 Å². The van der Waals surface area contributed by atoms with Gasteiger partial charge in [0.25, 0.3) is 0 Å². The van der Waals surface area contributed by atoms with E-state index < -0.39 is 5.97 Å². The molecule has 0 spiro atoms. The van der Waals surface area contributed by atoms with E-state index in [1.165, 1.54) is 0 Å². The minimum atomic E-state index is -0.474. The Labute approximate surface area is 134 Å². The molecule has 0 saturated carbocycles. The van der Waals surface area contributed by atoms with Crippen LogP contribution in [0.15, 0.2) is 48.7 Å². The summed E-state index contributed by atoms with van der Waals surface area (Å²) in [4.78, 5) is 24.1. The third-order valence-corrected chi connectivity index (χ3v) is 3.76. The molecule has 0 atom stereocenters. The minimum absolute atomic E-state index is 0.265. The molecule has 0 aliphatic carbocycles. The van der Waals surface area contributed by atoms with Crippen molar-refractivity contribution < 1.29 is 14.3 Å². The molecule has 2 aromatic heterocycles. The van der Waals surface area contributed by atoms with Crippen molar-refractivity contribution in [3.63, 3.8) is 0 Å². The Kier molecular flexibility index (Phi) is 3.98. The molecule has 0 fully saturated rings. The van der Waals surface area contributed by atoms with Gasteiger partial charge < -0.3 is 9.14 Å². The zero-order valence-electron chi connectivity index (χ0n) is 13.1. The molecule has 3 rings (SSSR count). The van der Waals surface area contributed by atoms with Crippen LogP contribution in [-0.4, -0.2) is 23.3 Å². The van der Waals surface area contributed by atoms with Crippen molar-refractivity contribution in [2.24, 2.45) is 0 Å². The molecule has 4 nitrogen and oxygen atoms in total. The molecular formula is C19H17NO3. The number of esters is 1. The predicted octanol–water partition coefficient (Wildman–Crippen LogP) is 3.90. The number of aromatic nitrogens is 1. The topological polar surface area (TPSA) is 47.8 Å². The lowest BCUT2D eigenvalue weighted by Crippen LogP contribution is -2.06. The average Bonchev–Trinajstić information content (AvgIpc) is 2.89. The number of ether oxygens (including phenoxy) is 1. The fraction of sp³-hybridized carbons (Fsp3) is 0.158. The number of rotatable bonds is 4. The molecule has 0 saturated heterocycles. The number of benzene rings is 1. The molecule has 3 aromatic rings. The van der Waals surface area contributed by atoms with Gasteiger partial charge in [-0.2, -0.15) is 0 Å². The zero-order chi connectivity index (χ0) is 16.4. The fourth-order valence-electron chi connectivity index (χ4n) is 2.80. The molecule has 0 radical (unpaired) electrons. The molecular weight excluding hydrogens is 290 g/mol. The van der Waals surface area contributed by atoms with E-state index in [0.717, 1.165) is 17.4 Å². The van der Waals surface area contributed by atoms with Crippen LogP contribution in [0.5, 0.6) is 0 Å². The number of fused-ring (bicyclic) bond motifs is 1. The van der Waals surface area contributed by atoms with Crippen molar-refractivity contribution in [3.05, 3.63) is 65.4 Å². The van der Waals surface area contributed by atoms with Gasteiger partial charge in [0.2, 0.25) is 0 Å². The summed E-state index contributed by atoms with van der Waals surface area (Å²) in [5, 5.41) is 0. The summed E-state index contributed by atoms with van der Waals surface area (Å²) in [5.74, 6) is -0.474. The van der Waals surface area contributed by atoms with E-state index in [9.17, 15) is 9.59 Å². The summed E-state index contributed by atoms with van der Waals surface area (Å²) in [5.41, 5.74) is 3.99. The fourth-order valence-corrected chi connectivity index (χ4v) is 2.80. The molecule has 0 N–H and O–H groups in total. The number of nitrogens with zero attached hydrogens (tertiary/aromatic N) is 1. The second-order valence-corrected chi connectivity index (χ2v) is 5.30. The molecule has 4 heteroatoms. The van der Waals surface area contributed by atoms with E-state index in [2.05, 4.69) is 0 Å². The third kappa shape index (κ3) is 2.52. The molecule has 1 aromatic carbocycles. The van der Waals surface area contributed by atoms with Gasteiger partial charge in [0, 0.05) is 6.20 Å². The first-order valence-electron chi connectivity index (χ1n) is 7.49. The van der Waals surface area contributed by atoms with E-state index in [0.29, 0.717) is 22.3 Å². The normalized spacial score (nSPS) is 10.7. The molecule has 0 amide bonds. The van der Waals surface area contributed by atoms with Gasteiger partial charge in [-0.1, -0.05) is 36.4 Å². The summed E-state index contributed by atoms with van der Waals surface area (Å²) in [7, 11) is 0. The Bertz CT molecular complexity index is 879. The van der Waals surface area contributed by atoms with E-state index >= 15 is 0 Å². The smallest absolute Gasteiger partial charge is 0.341 e. The van der Waals surface area contributed by atoms with Crippen LogP contribution in [0.4, 0.5) is 0 Å². The summed E-state index contributed by atoms with van der Waals surface area (Å²) in [6.45, 7) is 3.98. The Morgan fingerprint density at radius 1 is 1.17 bits per heavy atom. The highest BCUT2D eigenvalue weighted by atomic mass is 16.5. The first-order chi connectivity index (χ1) is 11.2. The number of carbonyl (C=O) groups excluding carboxylic acids is 2. The Balaban J connectivity index is 2.40. The summed E-state index contributed by atoms with van der Waals surface area (Å²) >= 11 is 0. The second-order valence-electron chi connectivity index (χ2n) is 5.30. The molecule has 0 unspecified atom stereocenters. The van der Waals surface area contributed by atoms with Crippen molar-refractivity contribution in [1.82, 2.24) is 4.40 Å². The number of aldehydes is 1. The first kappa shape index (κ1) is 15.0. The largest absolute Gasteiger partial charge is 0.462 e. The standard InChI is InChI=1S/C19H17NO3/c1-3-23-19(22)17-15(12-21)18(14-7-5-4-6-8-14)20-11-13(2)9-10-16(17)20/h4-12H,3H2,1-2H3. The van der Waals surface area contributed by atoms with E-state index in [4.69, 9.17) is 4.74 Å². The molecule has 0 aliphatic rings. The van der Waals surface area contributed by atoms with Gasteiger partial charge in [0.1, 0.15) is 0 Å². The zero-order valence-corrected chi connectivity index (χ0v) is 13.1. The van der Waals surface area contributed by atoms with Crippen LogP contribution in [0.25, 0.3) is 16.8 Å². The van der Waals surface area contributed by atoms with Crippen LogP contribution in [0.1, 0.15) is 33.2 Å². The van der Waals surface area contributed by atoms with E-state index in [1.807, 2.05) is 60.0 Å². The lowest BCUT2D eigenvalue weighted by Gasteiger charge is -2.05. The van der Waals surface area contributed by atoms with Gasteiger partial charge in [-0.3, -0.25) is 4.79 Å². The van der Waals surface area contributed by atoms with E-state index in [-0.39, 0.29) is 6.61 Å². The second kappa shape index (κ2) is 6.08. The highest BCUT2D eigenvalue weighted by molar-refractivity contribution is 6.09. The molecule has 0 aliphatic heterocycles. The lowest BCUT2D eigenvalue weighted by molar-refractivity contribution is 0.0527. The van der Waals surface area contributed by atoms with Gasteiger partial charge in [0.05, 0.1) is 28.9 Å². The maximum absolute atomic E-state index is 12.4. The van der Waals surface area contributed by atoms with Crippen molar-refractivity contribution >= 4 is 17.8 Å². The molecule has 23 heavy (non-hydrogen) atoms. The Morgan fingerprint density at radius 2 is 1.91 bits per heavy atom. The van der Waals surface area contributed by atoms with Gasteiger partial charge in [-0.05, 0) is 31.0 Å². The lowest BCUT2D eigenvalue weighted by atomic mass is 10.1. The average molecular weight is 307 g/mol. The van der Waals surface area contributed by atoms with Gasteiger partial charge in [-0.15, -0.1) is 0 Å². The monoisotopic (exact) mass is 307 g/mol. The van der Waals surface area contributed by atoms with Crippen LogP contribution in [0.2, 0.25) is 0 Å². The Hall–Kier alpha value is -2.88. The van der Waals surface area contributed by atoms with Crippen molar-refractivity contribution in [1.29, 1.82) is 0 Å². The summed E-state index contributed by atoms with van der Waals surface area (Å²) < 4.78 is 7.04. The van der Waals surface area contributed by atoms with Crippen molar-refractivity contribution in [2.45, 2.75) is 13.8 Å². The molecule has 0 bridgehead atoms. The van der Waals surface area contributed by atoms with Crippen LogP contribution in [-0.2, 0) is 4.74 Å². The van der Waals surface area contributed by atoms with Crippen LogP contribution >= 0.6 is 0 Å². The maximum Gasteiger partial charge on any atom is 0.341 e. The SMILES string of the molecule is CCOC(=O)c1c(C=O)c(-c2ccccc2)n2cc(C)ccc12.